The Hall–Kier alpha value is -2.28. The Morgan fingerprint density at radius 3 is 2.70 bits per heavy atom. The van der Waals surface area contributed by atoms with Crippen LogP contribution >= 0.6 is 24.0 Å². The van der Waals surface area contributed by atoms with Gasteiger partial charge in [-0.25, -0.2) is 4.68 Å². The van der Waals surface area contributed by atoms with Crippen molar-refractivity contribution in [2.45, 2.75) is 18.9 Å². The fourth-order valence-corrected chi connectivity index (χ4v) is 2.99. The summed E-state index contributed by atoms with van der Waals surface area (Å²) in [5.41, 5.74) is 7.84. The van der Waals surface area contributed by atoms with E-state index in [0.29, 0.717) is 34.6 Å². The van der Waals surface area contributed by atoms with Crippen molar-refractivity contribution < 1.29 is 9.21 Å². The molecule has 1 aliphatic rings. The zero-order valence-corrected chi connectivity index (χ0v) is 16.0. The molecular weight excluding hydrogens is 387 g/mol. The molecule has 1 aromatic carbocycles. The Kier molecular flexibility index (Phi) is 5.89. The van der Waals surface area contributed by atoms with Crippen LogP contribution in [0.1, 0.15) is 23.3 Å². The lowest BCUT2D eigenvalue weighted by atomic mass is 10.2. The summed E-state index contributed by atoms with van der Waals surface area (Å²) in [6, 6.07) is 12.6. The van der Waals surface area contributed by atoms with Crippen LogP contribution < -0.4 is 11.1 Å². The van der Waals surface area contributed by atoms with E-state index in [1.54, 1.807) is 35.2 Å². The number of halogens is 2. The van der Waals surface area contributed by atoms with E-state index in [0.717, 1.165) is 18.5 Å². The molecule has 0 aliphatic heterocycles. The first kappa shape index (κ1) is 19.5. The molecule has 0 bridgehead atoms. The van der Waals surface area contributed by atoms with E-state index in [2.05, 4.69) is 10.4 Å². The number of hydrogen-bond acceptors (Lipinski definition) is 4. The van der Waals surface area contributed by atoms with Gasteiger partial charge >= 0.3 is 0 Å². The van der Waals surface area contributed by atoms with Crippen LogP contribution in [0.3, 0.4) is 0 Å². The first-order valence-corrected chi connectivity index (χ1v) is 8.93. The van der Waals surface area contributed by atoms with Crippen molar-refractivity contribution in [2.24, 2.45) is 11.7 Å². The minimum atomic E-state index is -0.249. The van der Waals surface area contributed by atoms with E-state index in [4.69, 9.17) is 21.8 Å². The van der Waals surface area contributed by atoms with E-state index in [1.165, 1.54) is 0 Å². The highest BCUT2D eigenvalue weighted by Gasteiger charge is 2.29. The quantitative estimate of drug-likeness (QED) is 0.653. The number of nitrogens with one attached hydrogen (secondary N) is 1. The largest absolute Gasteiger partial charge is 0.463 e. The number of furan rings is 1. The summed E-state index contributed by atoms with van der Waals surface area (Å²) in [4.78, 5) is 12.5. The van der Waals surface area contributed by atoms with Gasteiger partial charge in [0, 0.05) is 23.7 Å². The Bertz CT molecular complexity index is 902. The molecule has 1 aliphatic carbocycles. The lowest BCUT2D eigenvalue weighted by molar-refractivity contribution is 0.0945. The summed E-state index contributed by atoms with van der Waals surface area (Å²) in [5, 5.41) is 7.97. The number of hydrogen-bond donors (Lipinski definition) is 2. The lowest BCUT2D eigenvalue weighted by Gasteiger charge is -2.10. The van der Waals surface area contributed by atoms with Gasteiger partial charge in [-0.15, -0.1) is 12.4 Å². The third-order valence-electron chi connectivity index (χ3n) is 4.51. The number of carbonyl (C=O) groups is 1. The second-order valence-corrected chi connectivity index (χ2v) is 6.93. The first-order chi connectivity index (χ1) is 12.6. The molecule has 3 N–H and O–H groups in total. The molecule has 2 aromatic heterocycles. The van der Waals surface area contributed by atoms with Gasteiger partial charge in [0.1, 0.15) is 5.69 Å². The lowest BCUT2D eigenvalue weighted by Crippen LogP contribution is -2.38. The third kappa shape index (κ3) is 4.35. The second-order valence-electron chi connectivity index (χ2n) is 6.49. The molecule has 1 unspecified atom stereocenters. The van der Waals surface area contributed by atoms with Gasteiger partial charge in [-0.05, 0) is 55.2 Å². The van der Waals surface area contributed by atoms with E-state index in [-0.39, 0.29) is 24.4 Å². The summed E-state index contributed by atoms with van der Waals surface area (Å²) in [5.74, 6) is 0.906. The molecule has 4 rings (SSSR count). The molecular formula is C19H20Cl2N4O2. The van der Waals surface area contributed by atoms with Crippen LogP contribution in [0.2, 0.25) is 5.02 Å². The van der Waals surface area contributed by atoms with Crippen LogP contribution in [-0.4, -0.2) is 28.3 Å². The maximum Gasteiger partial charge on any atom is 0.271 e. The van der Waals surface area contributed by atoms with Crippen molar-refractivity contribution in [1.29, 1.82) is 0 Å². The molecule has 1 atom stereocenters. The van der Waals surface area contributed by atoms with Gasteiger partial charge in [0.05, 0.1) is 12.0 Å². The maximum absolute atomic E-state index is 12.5. The van der Waals surface area contributed by atoms with Crippen LogP contribution in [0, 0.1) is 5.92 Å². The average molecular weight is 407 g/mol. The minimum absolute atomic E-state index is 0. The zero-order valence-electron chi connectivity index (χ0n) is 14.5. The fraction of sp³-hybridized carbons (Fsp3) is 0.263. The molecule has 142 valence electrons. The van der Waals surface area contributed by atoms with E-state index >= 15 is 0 Å². The molecule has 1 amide bonds. The topological polar surface area (TPSA) is 86.1 Å². The van der Waals surface area contributed by atoms with E-state index < -0.39 is 0 Å². The number of rotatable bonds is 6. The molecule has 0 radical (unpaired) electrons. The predicted molar refractivity (Wildman–Crippen MR) is 107 cm³/mol. The Morgan fingerprint density at radius 2 is 2.07 bits per heavy atom. The van der Waals surface area contributed by atoms with Crippen LogP contribution in [-0.2, 0) is 0 Å². The molecule has 0 spiro atoms. The molecule has 8 heteroatoms. The van der Waals surface area contributed by atoms with Gasteiger partial charge < -0.3 is 15.5 Å². The summed E-state index contributed by atoms with van der Waals surface area (Å²) in [6.45, 7) is 0.452. The molecule has 1 saturated carbocycles. The van der Waals surface area contributed by atoms with Gasteiger partial charge in [0.25, 0.3) is 5.91 Å². The zero-order chi connectivity index (χ0) is 18.1. The number of carbonyl (C=O) groups excluding carboxylic acids is 1. The molecule has 27 heavy (non-hydrogen) atoms. The molecule has 3 aromatic rings. The van der Waals surface area contributed by atoms with Crippen LogP contribution in [0.5, 0.6) is 0 Å². The van der Waals surface area contributed by atoms with Crippen LogP contribution in [0.25, 0.3) is 17.1 Å². The van der Waals surface area contributed by atoms with Gasteiger partial charge in [0.15, 0.2) is 11.5 Å². The van der Waals surface area contributed by atoms with Crippen LogP contribution in [0.4, 0.5) is 0 Å². The first-order valence-electron chi connectivity index (χ1n) is 8.55. The third-order valence-corrected chi connectivity index (χ3v) is 4.76. The van der Waals surface area contributed by atoms with Crippen LogP contribution in [0.15, 0.2) is 53.1 Å². The van der Waals surface area contributed by atoms with Crippen molar-refractivity contribution in [3.05, 3.63) is 59.4 Å². The molecule has 6 nitrogen and oxygen atoms in total. The standard InChI is InChI=1S/C19H19ClN4O2.ClH/c20-13-5-7-14(8-6-13)24-17(18-2-1-9-26-18)10-16(23-24)19(25)22-11-15(21)12-3-4-12;/h1-2,5-10,12,15H,3-4,11,21H2,(H,22,25);1H. The van der Waals surface area contributed by atoms with Crippen molar-refractivity contribution in [3.8, 4) is 17.1 Å². The normalized spacial score (nSPS) is 14.4. The van der Waals surface area contributed by atoms with Crippen molar-refractivity contribution >= 4 is 29.9 Å². The number of benzene rings is 1. The van der Waals surface area contributed by atoms with Gasteiger partial charge in [-0.3, -0.25) is 4.79 Å². The molecule has 2 heterocycles. The van der Waals surface area contributed by atoms with Gasteiger partial charge in [-0.1, -0.05) is 11.6 Å². The Labute approximate surface area is 168 Å². The summed E-state index contributed by atoms with van der Waals surface area (Å²) < 4.78 is 7.17. The Balaban J connectivity index is 0.00000210. The van der Waals surface area contributed by atoms with Gasteiger partial charge in [-0.2, -0.15) is 5.10 Å². The maximum atomic E-state index is 12.5. The highest BCUT2D eigenvalue weighted by molar-refractivity contribution is 6.30. The van der Waals surface area contributed by atoms with Crippen molar-refractivity contribution in [2.75, 3.05) is 6.54 Å². The Morgan fingerprint density at radius 1 is 1.33 bits per heavy atom. The summed E-state index contributed by atoms with van der Waals surface area (Å²) >= 11 is 5.97. The second kappa shape index (κ2) is 8.17. The molecule has 0 saturated heterocycles. The fourth-order valence-electron chi connectivity index (χ4n) is 2.86. The monoisotopic (exact) mass is 406 g/mol. The van der Waals surface area contributed by atoms with Gasteiger partial charge in [0.2, 0.25) is 0 Å². The minimum Gasteiger partial charge on any atom is -0.463 e. The number of amides is 1. The molecule has 1 fully saturated rings. The van der Waals surface area contributed by atoms with Crippen molar-refractivity contribution in [1.82, 2.24) is 15.1 Å². The van der Waals surface area contributed by atoms with E-state index in [9.17, 15) is 4.79 Å². The number of nitrogens with zero attached hydrogens (tertiary/aromatic N) is 2. The predicted octanol–water partition coefficient (Wildman–Crippen LogP) is 3.67. The van der Waals surface area contributed by atoms with E-state index in [1.807, 2.05) is 18.2 Å². The SMILES string of the molecule is Cl.NC(CNC(=O)c1cc(-c2ccco2)n(-c2ccc(Cl)cc2)n1)C1CC1. The number of nitrogens with two attached hydrogens (primary N) is 1. The highest BCUT2D eigenvalue weighted by Crippen LogP contribution is 2.31. The summed E-state index contributed by atoms with van der Waals surface area (Å²) in [7, 11) is 0. The average Bonchev–Trinajstić information content (AvgIpc) is 3.18. The smallest absolute Gasteiger partial charge is 0.271 e. The highest BCUT2D eigenvalue weighted by atomic mass is 35.5. The summed E-state index contributed by atoms with van der Waals surface area (Å²) in [6.07, 6.45) is 3.87. The number of aromatic nitrogens is 2. The van der Waals surface area contributed by atoms with Crippen molar-refractivity contribution in [3.63, 3.8) is 0 Å².